The van der Waals surface area contributed by atoms with Gasteiger partial charge in [-0.1, -0.05) is 18.2 Å². The maximum absolute atomic E-state index is 12.8. The number of sulfonamides is 1. The fourth-order valence-electron chi connectivity index (χ4n) is 2.40. The van der Waals surface area contributed by atoms with E-state index in [1.54, 1.807) is 6.92 Å². The molecule has 0 spiro atoms. The van der Waals surface area contributed by atoms with E-state index in [1.165, 1.54) is 25.3 Å². The number of nitrogens with one attached hydrogen (secondary N) is 2. The van der Waals surface area contributed by atoms with Gasteiger partial charge in [0.1, 0.15) is 5.75 Å². The molecule has 2 rings (SSSR count). The number of ether oxygens (including phenoxy) is 2. The molecule has 1 amide bonds. The molecule has 0 aliphatic heterocycles. The average Bonchev–Trinajstić information content (AvgIpc) is 2.58. The third-order valence-electron chi connectivity index (χ3n) is 3.71. The van der Waals surface area contributed by atoms with E-state index in [2.05, 4.69) is 10.0 Å². The normalized spacial score (nSPS) is 10.9. The van der Waals surface area contributed by atoms with E-state index in [-0.39, 0.29) is 17.2 Å². The van der Waals surface area contributed by atoms with E-state index in [1.807, 2.05) is 32.0 Å². The van der Waals surface area contributed by atoms with Crippen LogP contribution < -0.4 is 14.8 Å². The van der Waals surface area contributed by atoms with E-state index >= 15 is 0 Å². The van der Waals surface area contributed by atoms with Crippen molar-refractivity contribution in [3.8, 4) is 5.75 Å². The first-order valence-electron chi connectivity index (χ1n) is 7.99. The van der Waals surface area contributed by atoms with Crippen molar-refractivity contribution in [3.63, 3.8) is 0 Å². The molecule has 2 aromatic rings. The average molecular weight is 378 g/mol. The van der Waals surface area contributed by atoms with Gasteiger partial charge in [0.25, 0.3) is 10.0 Å². The molecule has 26 heavy (non-hydrogen) atoms. The molecule has 0 aromatic heterocycles. The number of anilines is 2. The van der Waals surface area contributed by atoms with E-state index in [9.17, 15) is 13.2 Å². The van der Waals surface area contributed by atoms with Crippen LogP contribution in [0.25, 0.3) is 0 Å². The minimum absolute atomic E-state index is 0.00671. The Morgan fingerprint density at radius 1 is 1.12 bits per heavy atom. The summed E-state index contributed by atoms with van der Waals surface area (Å²) in [5.41, 5.74) is 2.36. The lowest BCUT2D eigenvalue weighted by molar-refractivity contribution is 0.168. The second-order valence-corrected chi connectivity index (χ2v) is 7.26. The zero-order valence-electron chi connectivity index (χ0n) is 15.1. The fraction of sp³-hybridized carbons (Fsp3) is 0.278. The molecule has 0 saturated carbocycles. The largest absolute Gasteiger partial charge is 0.495 e. The van der Waals surface area contributed by atoms with Gasteiger partial charge in [0.15, 0.2) is 0 Å². The van der Waals surface area contributed by atoms with Crippen LogP contribution in [0, 0.1) is 13.8 Å². The SMILES string of the molecule is CCOC(=O)Nc1cc(S(=O)(=O)Nc2c(C)cccc2C)ccc1OC. The van der Waals surface area contributed by atoms with E-state index in [4.69, 9.17) is 9.47 Å². The molecule has 0 radical (unpaired) electrons. The monoisotopic (exact) mass is 378 g/mol. The van der Waals surface area contributed by atoms with Gasteiger partial charge in [-0.05, 0) is 50.1 Å². The van der Waals surface area contributed by atoms with Crippen molar-refractivity contribution >= 4 is 27.5 Å². The standard InChI is InChI=1S/C18H22N2O5S/c1-5-25-18(21)19-15-11-14(9-10-16(15)24-4)26(22,23)20-17-12(2)7-6-8-13(17)3/h6-11,20H,5H2,1-4H3,(H,19,21). The minimum atomic E-state index is -3.85. The topological polar surface area (TPSA) is 93.7 Å². The van der Waals surface area contributed by atoms with Gasteiger partial charge in [0, 0.05) is 0 Å². The Bertz CT molecular complexity index is 890. The molecule has 0 unspecified atom stereocenters. The van der Waals surface area contributed by atoms with Crippen LogP contribution in [-0.4, -0.2) is 28.2 Å². The summed E-state index contributed by atoms with van der Waals surface area (Å²) in [6.07, 6.45) is -0.692. The van der Waals surface area contributed by atoms with E-state index < -0.39 is 16.1 Å². The maximum atomic E-state index is 12.8. The van der Waals surface area contributed by atoms with Crippen LogP contribution in [0.3, 0.4) is 0 Å². The number of benzene rings is 2. The van der Waals surface area contributed by atoms with Crippen LogP contribution in [0.5, 0.6) is 5.75 Å². The Kier molecular flexibility index (Phi) is 6.10. The molecule has 0 aliphatic rings. The van der Waals surface area contributed by atoms with Crippen LogP contribution in [-0.2, 0) is 14.8 Å². The van der Waals surface area contributed by atoms with Gasteiger partial charge in [-0.2, -0.15) is 0 Å². The Morgan fingerprint density at radius 2 is 1.77 bits per heavy atom. The number of carbonyl (C=O) groups excluding carboxylic acids is 1. The first-order chi connectivity index (χ1) is 12.3. The summed E-state index contributed by atoms with van der Waals surface area (Å²) in [6, 6.07) is 9.72. The van der Waals surface area contributed by atoms with Crippen molar-refractivity contribution < 1.29 is 22.7 Å². The third kappa shape index (κ3) is 4.45. The predicted octanol–water partition coefficient (Wildman–Crippen LogP) is 3.68. The van der Waals surface area contributed by atoms with Crippen molar-refractivity contribution in [2.45, 2.75) is 25.7 Å². The van der Waals surface area contributed by atoms with Gasteiger partial charge in [0.2, 0.25) is 0 Å². The molecular formula is C18H22N2O5S. The van der Waals surface area contributed by atoms with Crippen LogP contribution >= 0.6 is 0 Å². The number of carbonyl (C=O) groups is 1. The maximum Gasteiger partial charge on any atom is 0.411 e. The molecule has 2 N–H and O–H groups in total. The quantitative estimate of drug-likeness (QED) is 0.800. The number of rotatable bonds is 6. The summed E-state index contributed by atoms with van der Waals surface area (Å²) in [6.45, 7) is 5.52. The van der Waals surface area contributed by atoms with Gasteiger partial charge in [-0.15, -0.1) is 0 Å². The van der Waals surface area contributed by atoms with Crippen LogP contribution in [0.15, 0.2) is 41.3 Å². The van der Waals surface area contributed by atoms with Gasteiger partial charge in [-0.3, -0.25) is 10.0 Å². The van der Waals surface area contributed by atoms with Gasteiger partial charge < -0.3 is 9.47 Å². The summed E-state index contributed by atoms with van der Waals surface area (Å²) in [4.78, 5) is 11.7. The van der Waals surface area contributed by atoms with Gasteiger partial charge >= 0.3 is 6.09 Å². The summed E-state index contributed by atoms with van der Waals surface area (Å²) in [5.74, 6) is 0.323. The second kappa shape index (κ2) is 8.09. The molecule has 7 nitrogen and oxygen atoms in total. The number of para-hydroxylation sites is 1. The number of methoxy groups -OCH3 is 1. The zero-order valence-corrected chi connectivity index (χ0v) is 15.9. The van der Waals surface area contributed by atoms with Crippen LogP contribution in [0.1, 0.15) is 18.1 Å². The lowest BCUT2D eigenvalue weighted by Crippen LogP contribution is -2.17. The Morgan fingerprint density at radius 3 is 2.35 bits per heavy atom. The molecular weight excluding hydrogens is 356 g/mol. The van der Waals surface area contributed by atoms with E-state index in [0.29, 0.717) is 11.4 Å². The zero-order chi connectivity index (χ0) is 19.3. The molecule has 2 aromatic carbocycles. The number of aryl methyl sites for hydroxylation is 2. The van der Waals surface area contributed by atoms with Gasteiger partial charge in [0.05, 0.1) is 30.0 Å². The van der Waals surface area contributed by atoms with Crippen LogP contribution in [0.4, 0.5) is 16.2 Å². The van der Waals surface area contributed by atoms with Gasteiger partial charge in [-0.25, -0.2) is 13.2 Å². The summed E-state index contributed by atoms with van der Waals surface area (Å²) in [5, 5.41) is 2.48. The lowest BCUT2D eigenvalue weighted by atomic mass is 10.1. The number of hydrogen-bond donors (Lipinski definition) is 2. The molecule has 0 saturated heterocycles. The Labute approximate surface area is 153 Å². The predicted molar refractivity (Wildman–Crippen MR) is 100 cm³/mol. The third-order valence-corrected chi connectivity index (χ3v) is 5.06. The molecule has 0 fully saturated rings. The first-order valence-corrected chi connectivity index (χ1v) is 9.47. The number of amides is 1. The number of hydrogen-bond acceptors (Lipinski definition) is 5. The summed E-state index contributed by atoms with van der Waals surface area (Å²) in [7, 11) is -2.43. The summed E-state index contributed by atoms with van der Waals surface area (Å²) < 4.78 is 38.1. The molecule has 0 atom stereocenters. The first kappa shape index (κ1) is 19.6. The Hall–Kier alpha value is -2.74. The second-order valence-electron chi connectivity index (χ2n) is 5.58. The smallest absolute Gasteiger partial charge is 0.411 e. The van der Waals surface area contributed by atoms with Crippen LogP contribution in [0.2, 0.25) is 0 Å². The summed E-state index contributed by atoms with van der Waals surface area (Å²) >= 11 is 0. The highest BCUT2D eigenvalue weighted by molar-refractivity contribution is 7.92. The lowest BCUT2D eigenvalue weighted by Gasteiger charge is -2.15. The molecule has 0 bridgehead atoms. The fourth-order valence-corrected chi connectivity index (χ4v) is 3.63. The van der Waals surface area contributed by atoms with Crippen molar-refractivity contribution in [1.29, 1.82) is 0 Å². The Balaban J connectivity index is 2.39. The van der Waals surface area contributed by atoms with Crippen molar-refractivity contribution in [3.05, 3.63) is 47.5 Å². The highest BCUT2D eigenvalue weighted by Gasteiger charge is 2.19. The molecule has 140 valence electrons. The van der Waals surface area contributed by atoms with Crippen molar-refractivity contribution in [2.24, 2.45) is 0 Å². The van der Waals surface area contributed by atoms with Crippen molar-refractivity contribution in [1.82, 2.24) is 0 Å². The molecule has 0 aliphatic carbocycles. The molecule has 0 heterocycles. The minimum Gasteiger partial charge on any atom is -0.495 e. The highest BCUT2D eigenvalue weighted by atomic mass is 32.2. The van der Waals surface area contributed by atoms with Crippen molar-refractivity contribution in [2.75, 3.05) is 23.8 Å². The van der Waals surface area contributed by atoms with E-state index in [0.717, 1.165) is 11.1 Å². The highest BCUT2D eigenvalue weighted by Crippen LogP contribution is 2.29. The molecule has 8 heteroatoms.